The van der Waals surface area contributed by atoms with Gasteiger partial charge in [-0.2, -0.15) is 0 Å². The van der Waals surface area contributed by atoms with Crippen molar-refractivity contribution in [1.29, 1.82) is 0 Å². The first-order chi connectivity index (χ1) is 11.7. The number of carbonyl (C=O) groups is 2. The predicted octanol–water partition coefficient (Wildman–Crippen LogP) is 0.788. The van der Waals surface area contributed by atoms with Crippen LogP contribution < -0.4 is 0 Å². The van der Waals surface area contributed by atoms with Crippen molar-refractivity contribution >= 4 is 12.0 Å². The largest absolute Gasteiger partial charge is 0.453 e. The minimum Gasteiger partial charge on any atom is -0.453 e. The number of nitrogens with zero attached hydrogens (tertiary/aromatic N) is 3. The van der Waals surface area contributed by atoms with Crippen molar-refractivity contribution in [2.24, 2.45) is 5.92 Å². The number of carbonyl (C=O) groups excluding carboxylic acids is 2. The number of rotatable bonds is 2. The van der Waals surface area contributed by atoms with E-state index >= 15 is 0 Å². The third-order valence-corrected chi connectivity index (χ3v) is 5.54. The quantitative estimate of drug-likeness (QED) is 0.744. The second-order valence-electron chi connectivity index (χ2n) is 6.96. The fourth-order valence-corrected chi connectivity index (χ4v) is 4.12. The molecule has 3 rings (SSSR count). The van der Waals surface area contributed by atoms with Crippen LogP contribution in [-0.4, -0.2) is 92.3 Å². The first-order valence-electron chi connectivity index (χ1n) is 9.12. The van der Waals surface area contributed by atoms with Gasteiger partial charge in [0, 0.05) is 38.8 Å². The molecule has 0 aromatic carbocycles. The molecule has 0 N–H and O–H groups in total. The van der Waals surface area contributed by atoms with Crippen LogP contribution >= 0.6 is 0 Å². The van der Waals surface area contributed by atoms with Gasteiger partial charge in [0.15, 0.2) is 0 Å². The first kappa shape index (κ1) is 17.5. The summed E-state index contributed by atoms with van der Waals surface area (Å²) in [5.74, 6) is 0.422. The molecule has 3 saturated heterocycles. The Hall–Kier alpha value is -1.34. The molecule has 0 aliphatic carbocycles. The second kappa shape index (κ2) is 8.16. The van der Waals surface area contributed by atoms with Crippen molar-refractivity contribution in [3.8, 4) is 0 Å². The van der Waals surface area contributed by atoms with E-state index in [2.05, 4.69) is 4.90 Å². The molecule has 3 aliphatic heterocycles. The normalized spacial score (nSPS) is 27.1. The molecule has 136 valence electrons. The fourth-order valence-electron chi connectivity index (χ4n) is 4.12. The molecule has 0 aromatic rings. The second-order valence-corrected chi connectivity index (χ2v) is 6.96. The zero-order valence-corrected chi connectivity index (χ0v) is 14.6. The van der Waals surface area contributed by atoms with Crippen molar-refractivity contribution in [3.05, 3.63) is 0 Å². The summed E-state index contributed by atoms with van der Waals surface area (Å²) in [5.41, 5.74) is 0. The highest BCUT2D eigenvalue weighted by molar-refractivity contribution is 5.79. The Morgan fingerprint density at radius 1 is 0.958 bits per heavy atom. The lowest BCUT2D eigenvalue weighted by Gasteiger charge is -2.42. The molecule has 0 radical (unpaired) electrons. The molecular formula is C17H29N3O4. The predicted molar refractivity (Wildman–Crippen MR) is 88.7 cm³/mol. The van der Waals surface area contributed by atoms with Crippen LogP contribution in [0.15, 0.2) is 0 Å². The van der Waals surface area contributed by atoms with Crippen LogP contribution in [0, 0.1) is 5.92 Å². The molecule has 0 spiro atoms. The molecule has 7 heteroatoms. The van der Waals surface area contributed by atoms with E-state index in [0.717, 1.165) is 65.0 Å². The van der Waals surface area contributed by atoms with Crippen LogP contribution in [0.1, 0.15) is 25.7 Å². The van der Waals surface area contributed by atoms with Gasteiger partial charge in [-0.3, -0.25) is 9.69 Å². The van der Waals surface area contributed by atoms with Gasteiger partial charge in [-0.15, -0.1) is 0 Å². The third kappa shape index (κ3) is 4.00. The van der Waals surface area contributed by atoms with E-state index in [1.54, 1.807) is 4.90 Å². The minimum absolute atomic E-state index is 0.121. The third-order valence-electron chi connectivity index (χ3n) is 5.54. The highest BCUT2D eigenvalue weighted by Crippen LogP contribution is 2.25. The van der Waals surface area contributed by atoms with E-state index in [4.69, 9.17) is 9.47 Å². The lowest BCUT2D eigenvalue weighted by atomic mass is 9.93. The van der Waals surface area contributed by atoms with Crippen LogP contribution in [0.2, 0.25) is 0 Å². The van der Waals surface area contributed by atoms with E-state index in [-0.39, 0.29) is 12.0 Å². The number of piperidine rings is 2. The zero-order valence-electron chi connectivity index (χ0n) is 14.6. The monoisotopic (exact) mass is 339 g/mol. The van der Waals surface area contributed by atoms with E-state index < -0.39 is 0 Å². The maximum Gasteiger partial charge on any atom is 0.409 e. The fraction of sp³-hybridized carbons (Fsp3) is 0.882. The summed E-state index contributed by atoms with van der Waals surface area (Å²) in [6, 6.07) is 0.478. The van der Waals surface area contributed by atoms with Gasteiger partial charge in [0.2, 0.25) is 5.91 Å². The molecule has 7 nitrogen and oxygen atoms in total. The molecule has 0 saturated carbocycles. The maximum atomic E-state index is 12.7. The number of amides is 2. The standard InChI is InChI=1S/C17H29N3O4/c1-23-17(22)19-7-4-15(5-8-19)20-6-2-3-14(13-20)16(21)18-9-11-24-12-10-18/h14-15H,2-13H2,1H3/t14-/m1/s1. The average molecular weight is 339 g/mol. The van der Waals surface area contributed by atoms with E-state index in [1.807, 2.05) is 4.90 Å². The van der Waals surface area contributed by atoms with Crippen LogP contribution in [0.3, 0.4) is 0 Å². The number of morpholine rings is 1. The Balaban J connectivity index is 1.50. The van der Waals surface area contributed by atoms with Crippen LogP contribution in [0.4, 0.5) is 4.79 Å². The van der Waals surface area contributed by atoms with Gasteiger partial charge < -0.3 is 19.3 Å². The van der Waals surface area contributed by atoms with Gasteiger partial charge in [-0.25, -0.2) is 4.79 Å². The average Bonchev–Trinajstić information content (AvgIpc) is 2.67. The SMILES string of the molecule is COC(=O)N1CCC(N2CCC[C@@H](C(=O)N3CCOCC3)C2)CC1. The molecule has 2 amide bonds. The molecule has 3 aliphatic rings. The van der Waals surface area contributed by atoms with Gasteiger partial charge >= 0.3 is 6.09 Å². The number of hydrogen-bond acceptors (Lipinski definition) is 5. The maximum absolute atomic E-state index is 12.7. The summed E-state index contributed by atoms with van der Waals surface area (Å²) in [5, 5.41) is 0. The summed E-state index contributed by atoms with van der Waals surface area (Å²) in [7, 11) is 1.43. The lowest BCUT2D eigenvalue weighted by Crippen LogP contribution is -2.53. The summed E-state index contributed by atoms with van der Waals surface area (Å²) in [4.78, 5) is 30.5. The Bertz CT molecular complexity index is 445. The van der Waals surface area contributed by atoms with Crippen LogP contribution in [0.25, 0.3) is 0 Å². The number of hydrogen-bond donors (Lipinski definition) is 0. The summed E-state index contributed by atoms with van der Waals surface area (Å²) in [6.07, 6.45) is 3.78. The van der Waals surface area contributed by atoms with Crippen molar-refractivity contribution < 1.29 is 19.1 Å². The number of methoxy groups -OCH3 is 1. The minimum atomic E-state index is -0.229. The van der Waals surface area contributed by atoms with E-state index in [1.165, 1.54) is 7.11 Å². The molecule has 0 unspecified atom stereocenters. The lowest BCUT2D eigenvalue weighted by molar-refractivity contribution is -0.141. The topological polar surface area (TPSA) is 62.3 Å². The molecule has 24 heavy (non-hydrogen) atoms. The van der Waals surface area contributed by atoms with Gasteiger partial charge in [0.1, 0.15) is 0 Å². The number of likely N-dealkylation sites (tertiary alicyclic amines) is 2. The summed E-state index contributed by atoms with van der Waals surface area (Å²) >= 11 is 0. The molecule has 1 atom stereocenters. The van der Waals surface area contributed by atoms with Crippen LogP contribution in [0.5, 0.6) is 0 Å². The zero-order chi connectivity index (χ0) is 16.9. The van der Waals surface area contributed by atoms with Crippen molar-refractivity contribution in [3.63, 3.8) is 0 Å². The molecule has 3 fully saturated rings. The molecular weight excluding hydrogens is 310 g/mol. The number of ether oxygens (including phenoxy) is 2. The highest BCUT2D eigenvalue weighted by atomic mass is 16.5. The first-order valence-corrected chi connectivity index (χ1v) is 9.12. The molecule has 0 aromatic heterocycles. The Morgan fingerprint density at radius 2 is 1.67 bits per heavy atom. The molecule has 3 heterocycles. The Morgan fingerprint density at radius 3 is 2.33 bits per heavy atom. The van der Waals surface area contributed by atoms with Crippen molar-refractivity contribution in [2.45, 2.75) is 31.7 Å². The van der Waals surface area contributed by atoms with Gasteiger partial charge in [-0.1, -0.05) is 0 Å². The Labute approximate surface area is 143 Å². The van der Waals surface area contributed by atoms with Gasteiger partial charge in [0.05, 0.1) is 26.2 Å². The summed E-state index contributed by atoms with van der Waals surface area (Å²) < 4.78 is 10.1. The van der Waals surface area contributed by atoms with E-state index in [0.29, 0.717) is 25.2 Å². The smallest absolute Gasteiger partial charge is 0.409 e. The molecule has 0 bridgehead atoms. The van der Waals surface area contributed by atoms with Crippen molar-refractivity contribution in [2.75, 3.05) is 59.6 Å². The van der Waals surface area contributed by atoms with Crippen LogP contribution in [-0.2, 0) is 14.3 Å². The van der Waals surface area contributed by atoms with Crippen molar-refractivity contribution in [1.82, 2.24) is 14.7 Å². The Kier molecular flexibility index (Phi) is 5.94. The summed E-state index contributed by atoms with van der Waals surface area (Å²) in [6.45, 7) is 6.20. The van der Waals surface area contributed by atoms with E-state index in [9.17, 15) is 9.59 Å². The van der Waals surface area contributed by atoms with Gasteiger partial charge in [0.25, 0.3) is 0 Å². The highest BCUT2D eigenvalue weighted by Gasteiger charge is 2.34. The van der Waals surface area contributed by atoms with Gasteiger partial charge in [-0.05, 0) is 32.2 Å².